The first-order valence-corrected chi connectivity index (χ1v) is 7.20. The highest BCUT2D eigenvalue weighted by atomic mass is 35.5. The number of carbonyl (C=O) groups is 1. The van der Waals surface area contributed by atoms with Crippen LogP contribution in [0.15, 0.2) is 42.5 Å². The maximum atomic E-state index is 11.9. The molecule has 1 N–H and O–H groups in total. The third kappa shape index (κ3) is 3.53. The second kappa shape index (κ2) is 6.30. The van der Waals surface area contributed by atoms with Crippen LogP contribution in [0.25, 0.3) is 6.08 Å². The molecule has 0 atom stereocenters. The lowest BCUT2D eigenvalue weighted by atomic mass is 10.2. The monoisotopic (exact) mass is 335 g/mol. The summed E-state index contributed by atoms with van der Waals surface area (Å²) in [6.45, 7) is 0.221. The fourth-order valence-electron chi connectivity index (χ4n) is 2.00. The van der Waals surface area contributed by atoms with Crippen molar-refractivity contribution in [2.75, 3.05) is 12.1 Å². The summed E-state index contributed by atoms with van der Waals surface area (Å²) in [6, 6.07) is 10.3. The zero-order valence-corrected chi connectivity index (χ0v) is 12.8. The number of rotatable bonds is 3. The summed E-state index contributed by atoms with van der Waals surface area (Å²) in [5, 5.41) is 3.62. The Morgan fingerprint density at radius 3 is 2.55 bits per heavy atom. The van der Waals surface area contributed by atoms with E-state index in [0.717, 1.165) is 5.56 Å². The molecule has 0 unspecified atom stereocenters. The van der Waals surface area contributed by atoms with Crippen LogP contribution in [0.2, 0.25) is 10.0 Å². The van der Waals surface area contributed by atoms with Crippen molar-refractivity contribution in [3.05, 3.63) is 58.1 Å². The lowest BCUT2D eigenvalue weighted by Crippen LogP contribution is -2.07. The van der Waals surface area contributed by atoms with Crippen molar-refractivity contribution in [3.8, 4) is 11.5 Å². The van der Waals surface area contributed by atoms with Gasteiger partial charge in [-0.3, -0.25) is 4.79 Å². The van der Waals surface area contributed by atoms with Crippen molar-refractivity contribution in [1.82, 2.24) is 0 Å². The molecule has 4 nitrogen and oxygen atoms in total. The molecule has 0 saturated heterocycles. The number of fused-ring (bicyclic) bond motifs is 1. The Bertz CT molecular complexity index is 739. The molecule has 1 aliphatic rings. The van der Waals surface area contributed by atoms with E-state index in [1.807, 2.05) is 12.1 Å². The largest absolute Gasteiger partial charge is 0.454 e. The topological polar surface area (TPSA) is 47.6 Å². The Labute approximate surface area is 137 Å². The van der Waals surface area contributed by atoms with Crippen LogP contribution in [0, 0.1) is 0 Å². The van der Waals surface area contributed by atoms with Gasteiger partial charge in [0.05, 0.1) is 0 Å². The lowest BCUT2D eigenvalue weighted by molar-refractivity contribution is -0.111. The summed E-state index contributed by atoms with van der Waals surface area (Å²) in [6.07, 6.45) is 3.11. The van der Waals surface area contributed by atoms with E-state index in [-0.39, 0.29) is 12.7 Å². The van der Waals surface area contributed by atoms with E-state index < -0.39 is 0 Å². The van der Waals surface area contributed by atoms with Crippen molar-refractivity contribution in [2.45, 2.75) is 0 Å². The van der Waals surface area contributed by atoms with Crippen LogP contribution < -0.4 is 14.8 Å². The minimum absolute atomic E-state index is 0.221. The molecule has 1 aliphatic heterocycles. The van der Waals surface area contributed by atoms with E-state index in [9.17, 15) is 4.79 Å². The average Bonchev–Trinajstić information content (AvgIpc) is 2.91. The molecule has 22 heavy (non-hydrogen) atoms. The standard InChI is InChI=1S/C16H11Cl2NO3/c17-11-6-12(18)8-13(7-11)19-16(20)4-2-10-1-3-14-15(5-10)22-9-21-14/h1-8H,9H2,(H,19,20). The van der Waals surface area contributed by atoms with Gasteiger partial charge in [-0.15, -0.1) is 0 Å². The number of ether oxygens (including phenoxy) is 2. The zero-order valence-electron chi connectivity index (χ0n) is 11.3. The van der Waals surface area contributed by atoms with Gasteiger partial charge >= 0.3 is 0 Å². The van der Waals surface area contributed by atoms with Crippen molar-refractivity contribution >= 4 is 40.9 Å². The number of benzene rings is 2. The molecule has 0 aromatic heterocycles. The van der Waals surface area contributed by atoms with Gasteiger partial charge < -0.3 is 14.8 Å². The Balaban J connectivity index is 1.68. The molecular formula is C16H11Cl2NO3. The number of nitrogens with one attached hydrogen (secondary N) is 1. The number of carbonyl (C=O) groups excluding carboxylic acids is 1. The molecule has 1 amide bonds. The predicted molar refractivity (Wildman–Crippen MR) is 86.7 cm³/mol. The summed E-state index contributed by atoms with van der Waals surface area (Å²) in [4.78, 5) is 11.9. The smallest absolute Gasteiger partial charge is 0.248 e. The Morgan fingerprint density at radius 2 is 1.77 bits per heavy atom. The number of hydrogen-bond acceptors (Lipinski definition) is 3. The molecule has 0 bridgehead atoms. The highest BCUT2D eigenvalue weighted by molar-refractivity contribution is 6.35. The van der Waals surface area contributed by atoms with Gasteiger partial charge in [0.1, 0.15) is 0 Å². The van der Waals surface area contributed by atoms with Gasteiger partial charge in [-0.1, -0.05) is 29.3 Å². The van der Waals surface area contributed by atoms with Crippen molar-refractivity contribution in [2.24, 2.45) is 0 Å². The van der Waals surface area contributed by atoms with Crippen LogP contribution in [-0.4, -0.2) is 12.7 Å². The van der Waals surface area contributed by atoms with Crippen LogP contribution in [0.1, 0.15) is 5.56 Å². The summed E-state index contributed by atoms with van der Waals surface area (Å²) in [7, 11) is 0. The highest BCUT2D eigenvalue weighted by Crippen LogP contribution is 2.32. The number of amides is 1. The van der Waals surface area contributed by atoms with Crippen molar-refractivity contribution in [3.63, 3.8) is 0 Å². The summed E-state index contributed by atoms with van der Waals surface area (Å²) >= 11 is 11.8. The molecule has 2 aromatic carbocycles. The van der Waals surface area contributed by atoms with Crippen LogP contribution in [-0.2, 0) is 4.79 Å². The second-order valence-corrected chi connectivity index (χ2v) is 5.47. The van der Waals surface area contributed by atoms with Gasteiger partial charge in [0.15, 0.2) is 11.5 Å². The maximum Gasteiger partial charge on any atom is 0.248 e. The lowest BCUT2D eigenvalue weighted by Gasteiger charge is -2.03. The van der Waals surface area contributed by atoms with Gasteiger partial charge in [0.25, 0.3) is 0 Å². The SMILES string of the molecule is O=C(C=Cc1ccc2c(c1)OCO2)Nc1cc(Cl)cc(Cl)c1. The van der Waals surface area contributed by atoms with E-state index in [2.05, 4.69) is 5.32 Å². The molecule has 112 valence electrons. The van der Waals surface area contributed by atoms with Crippen LogP contribution in [0.5, 0.6) is 11.5 Å². The Morgan fingerprint density at radius 1 is 1.05 bits per heavy atom. The van der Waals surface area contributed by atoms with E-state index in [0.29, 0.717) is 27.2 Å². The third-order valence-electron chi connectivity index (χ3n) is 2.95. The highest BCUT2D eigenvalue weighted by Gasteiger charge is 2.12. The number of anilines is 1. The first-order chi connectivity index (χ1) is 10.6. The molecule has 3 rings (SSSR count). The van der Waals surface area contributed by atoms with E-state index >= 15 is 0 Å². The molecule has 0 fully saturated rings. The summed E-state index contributed by atoms with van der Waals surface area (Å²) in [5.41, 5.74) is 1.38. The fourth-order valence-corrected chi connectivity index (χ4v) is 2.52. The summed E-state index contributed by atoms with van der Waals surface area (Å²) < 4.78 is 10.5. The molecular weight excluding hydrogens is 325 g/mol. The van der Waals surface area contributed by atoms with Gasteiger partial charge in [0.2, 0.25) is 12.7 Å². The Kier molecular flexibility index (Phi) is 4.22. The first kappa shape index (κ1) is 14.8. The van der Waals surface area contributed by atoms with E-state index in [4.69, 9.17) is 32.7 Å². The van der Waals surface area contributed by atoms with Crippen LogP contribution in [0.3, 0.4) is 0 Å². The fraction of sp³-hybridized carbons (Fsp3) is 0.0625. The maximum absolute atomic E-state index is 11.9. The van der Waals surface area contributed by atoms with Crippen LogP contribution in [0.4, 0.5) is 5.69 Å². The normalized spacial score (nSPS) is 12.6. The molecule has 0 spiro atoms. The molecule has 6 heteroatoms. The van der Waals surface area contributed by atoms with Crippen molar-refractivity contribution < 1.29 is 14.3 Å². The van der Waals surface area contributed by atoms with Gasteiger partial charge in [-0.05, 0) is 42.0 Å². The Hall–Kier alpha value is -2.17. The van der Waals surface area contributed by atoms with Gasteiger partial charge in [-0.25, -0.2) is 0 Å². The quantitative estimate of drug-likeness (QED) is 0.847. The third-order valence-corrected chi connectivity index (χ3v) is 3.39. The molecule has 2 aromatic rings. The predicted octanol–water partition coefficient (Wildman–Crippen LogP) is 4.37. The molecule has 1 heterocycles. The van der Waals surface area contributed by atoms with Crippen LogP contribution >= 0.6 is 23.2 Å². The first-order valence-electron chi connectivity index (χ1n) is 6.45. The van der Waals surface area contributed by atoms with Gasteiger partial charge in [0, 0.05) is 21.8 Å². The minimum atomic E-state index is -0.281. The average molecular weight is 336 g/mol. The van der Waals surface area contributed by atoms with Gasteiger partial charge in [-0.2, -0.15) is 0 Å². The zero-order chi connectivity index (χ0) is 15.5. The molecule has 0 radical (unpaired) electrons. The van der Waals surface area contributed by atoms with E-state index in [1.54, 1.807) is 30.3 Å². The second-order valence-electron chi connectivity index (χ2n) is 4.59. The molecule has 0 saturated carbocycles. The van der Waals surface area contributed by atoms with E-state index in [1.165, 1.54) is 6.08 Å². The number of halogens is 2. The number of hydrogen-bond donors (Lipinski definition) is 1. The summed E-state index contributed by atoms with van der Waals surface area (Å²) in [5.74, 6) is 1.09. The molecule has 0 aliphatic carbocycles. The van der Waals surface area contributed by atoms with Crippen molar-refractivity contribution in [1.29, 1.82) is 0 Å². The minimum Gasteiger partial charge on any atom is -0.454 e.